The molecule has 0 radical (unpaired) electrons. The molecule has 0 amide bonds. The molecule has 0 aliphatic rings. The molecule has 2 nitrogen and oxygen atoms in total. The Kier molecular flexibility index (Phi) is 6.52. The van der Waals surface area contributed by atoms with Gasteiger partial charge >= 0.3 is 0 Å². The molecule has 0 heterocycles. The van der Waals surface area contributed by atoms with Gasteiger partial charge in [-0.1, -0.05) is 50.2 Å². The van der Waals surface area contributed by atoms with Crippen molar-refractivity contribution >= 4 is 11.4 Å². The maximum atomic E-state index is 3.75. The lowest BCUT2D eigenvalue weighted by Crippen LogP contribution is -2.36. The highest BCUT2D eigenvalue weighted by Crippen LogP contribution is 2.30. The lowest BCUT2D eigenvalue weighted by atomic mass is 9.81. The summed E-state index contributed by atoms with van der Waals surface area (Å²) in [6.07, 6.45) is 2.30. The summed E-state index contributed by atoms with van der Waals surface area (Å²) in [6, 6.07) is 13.0. The van der Waals surface area contributed by atoms with E-state index in [4.69, 9.17) is 0 Å². The number of benzene rings is 2. The summed E-state index contributed by atoms with van der Waals surface area (Å²) < 4.78 is 0. The summed E-state index contributed by atoms with van der Waals surface area (Å²) in [7, 11) is 0. The fourth-order valence-corrected chi connectivity index (χ4v) is 3.55. The van der Waals surface area contributed by atoms with Crippen LogP contribution in [-0.2, 0) is 0 Å². The topological polar surface area (TPSA) is 24.1 Å². The molecule has 0 unspecified atom stereocenters. The Labute approximate surface area is 154 Å². The zero-order valence-corrected chi connectivity index (χ0v) is 16.8. The number of para-hydroxylation sites is 2. The van der Waals surface area contributed by atoms with Crippen LogP contribution in [0.1, 0.15) is 48.9 Å². The molecule has 2 aromatic rings. The van der Waals surface area contributed by atoms with Gasteiger partial charge in [0.25, 0.3) is 0 Å². The first-order chi connectivity index (χ1) is 11.9. The van der Waals surface area contributed by atoms with Gasteiger partial charge in [-0.25, -0.2) is 0 Å². The largest absolute Gasteiger partial charge is 0.384 e. The van der Waals surface area contributed by atoms with E-state index in [1.807, 2.05) is 0 Å². The summed E-state index contributed by atoms with van der Waals surface area (Å²) in [4.78, 5) is 0. The molecule has 0 aliphatic carbocycles. The third-order valence-corrected chi connectivity index (χ3v) is 5.74. The summed E-state index contributed by atoms with van der Waals surface area (Å²) in [5.41, 5.74) is 8.12. The smallest absolute Gasteiger partial charge is 0.0399 e. The van der Waals surface area contributed by atoms with E-state index in [9.17, 15) is 0 Å². The van der Waals surface area contributed by atoms with E-state index in [2.05, 4.69) is 88.6 Å². The Balaban J connectivity index is 2.13. The Hall–Kier alpha value is -1.96. The van der Waals surface area contributed by atoms with E-state index in [0.717, 1.165) is 25.9 Å². The lowest BCUT2D eigenvalue weighted by molar-refractivity contribution is 0.304. The number of anilines is 2. The van der Waals surface area contributed by atoms with Crippen LogP contribution in [0.3, 0.4) is 0 Å². The molecule has 0 saturated carbocycles. The van der Waals surface area contributed by atoms with Gasteiger partial charge < -0.3 is 10.6 Å². The lowest BCUT2D eigenvalue weighted by Gasteiger charge is -2.34. The second kappa shape index (κ2) is 8.42. The summed E-state index contributed by atoms with van der Waals surface area (Å²) >= 11 is 0. The van der Waals surface area contributed by atoms with Crippen molar-refractivity contribution in [2.75, 3.05) is 23.7 Å². The van der Waals surface area contributed by atoms with Crippen molar-refractivity contribution in [3.63, 3.8) is 0 Å². The molecular weight excluding hydrogens is 304 g/mol. The first-order valence-corrected chi connectivity index (χ1v) is 9.52. The average Bonchev–Trinajstić information content (AvgIpc) is 2.59. The maximum Gasteiger partial charge on any atom is 0.0399 e. The predicted octanol–water partition coefficient (Wildman–Crippen LogP) is 6.25. The first kappa shape index (κ1) is 19.4. The molecular formula is C23H34N2. The van der Waals surface area contributed by atoms with Gasteiger partial charge in [0.05, 0.1) is 0 Å². The van der Waals surface area contributed by atoms with Crippen molar-refractivity contribution in [3.8, 4) is 0 Å². The third kappa shape index (κ3) is 4.56. The fraction of sp³-hybridized carbons (Fsp3) is 0.478. The van der Waals surface area contributed by atoms with E-state index in [-0.39, 0.29) is 5.41 Å². The van der Waals surface area contributed by atoms with Crippen LogP contribution in [0.25, 0.3) is 0 Å². The van der Waals surface area contributed by atoms with Crippen LogP contribution in [0.2, 0.25) is 0 Å². The SMILES string of the molecule is CCC(CC)(CNc1c(C)cccc1C)CNc1c(C)cccc1C. The molecule has 25 heavy (non-hydrogen) atoms. The molecule has 2 heteroatoms. The van der Waals surface area contributed by atoms with Gasteiger partial charge in [0.1, 0.15) is 0 Å². The van der Waals surface area contributed by atoms with Gasteiger partial charge in [0.15, 0.2) is 0 Å². The highest BCUT2D eigenvalue weighted by Gasteiger charge is 2.26. The molecule has 0 atom stereocenters. The third-order valence-electron chi connectivity index (χ3n) is 5.74. The minimum Gasteiger partial charge on any atom is -0.384 e. The monoisotopic (exact) mass is 338 g/mol. The van der Waals surface area contributed by atoms with Crippen LogP contribution < -0.4 is 10.6 Å². The van der Waals surface area contributed by atoms with Gasteiger partial charge in [-0.3, -0.25) is 0 Å². The standard InChI is InChI=1S/C23H34N2/c1-7-23(8-2,15-24-21-17(3)11-9-12-18(21)4)16-25-22-19(5)13-10-14-20(22)6/h9-14,24-25H,7-8,15-16H2,1-6H3. The van der Waals surface area contributed by atoms with Crippen LogP contribution in [0.15, 0.2) is 36.4 Å². The molecule has 0 aliphatic heterocycles. The summed E-state index contributed by atoms with van der Waals surface area (Å²) in [6.45, 7) is 15.3. The molecule has 0 bridgehead atoms. The van der Waals surface area contributed by atoms with E-state index >= 15 is 0 Å². The van der Waals surface area contributed by atoms with Crippen molar-refractivity contribution in [2.24, 2.45) is 5.41 Å². The predicted molar refractivity (Wildman–Crippen MR) is 112 cm³/mol. The van der Waals surface area contributed by atoms with E-state index in [1.54, 1.807) is 0 Å². The van der Waals surface area contributed by atoms with Crippen molar-refractivity contribution in [2.45, 2.75) is 54.4 Å². The number of aryl methyl sites for hydroxylation is 4. The van der Waals surface area contributed by atoms with Gasteiger partial charge in [-0.15, -0.1) is 0 Å². The molecule has 0 saturated heterocycles. The Morgan fingerprint density at radius 3 is 1.24 bits per heavy atom. The van der Waals surface area contributed by atoms with Crippen LogP contribution in [0.5, 0.6) is 0 Å². The highest BCUT2D eigenvalue weighted by molar-refractivity contribution is 5.58. The minimum absolute atomic E-state index is 0.240. The van der Waals surface area contributed by atoms with Crippen molar-refractivity contribution in [1.82, 2.24) is 0 Å². The fourth-order valence-electron chi connectivity index (χ4n) is 3.55. The average molecular weight is 339 g/mol. The van der Waals surface area contributed by atoms with Gasteiger partial charge in [-0.05, 0) is 62.8 Å². The molecule has 0 aromatic heterocycles. The van der Waals surface area contributed by atoms with Gasteiger partial charge in [0.2, 0.25) is 0 Å². The second-order valence-electron chi connectivity index (χ2n) is 7.45. The number of nitrogens with one attached hydrogen (secondary N) is 2. The van der Waals surface area contributed by atoms with E-state index in [1.165, 1.54) is 33.6 Å². The zero-order valence-electron chi connectivity index (χ0n) is 16.8. The quantitative estimate of drug-likeness (QED) is 0.594. The Bertz CT molecular complexity index is 601. The molecule has 2 aromatic carbocycles. The molecule has 0 fully saturated rings. The molecule has 2 rings (SSSR count). The van der Waals surface area contributed by atoms with Crippen molar-refractivity contribution in [1.29, 1.82) is 0 Å². The minimum atomic E-state index is 0.240. The van der Waals surface area contributed by atoms with Crippen LogP contribution in [0, 0.1) is 33.1 Å². The van der Waals surface area contributed by atoms with Gasteiger partial charge in [0, 0.05) is 29.9 Å². The van der Waals surface area contributed by atoms with E-state index < -0.39 is 0 Å². The Morgan fingerprint density at radius 2 is 0.960 bits per heavy atom. The first-order valence-electron chi connectivity index (χ1n) is 9.52. The number of hydrogen-bond donors (Lipinski definition) is 2. The van der Waals surface area contributed by atoms with Crippen LogP contribution >= 0.6 is 0 Å². The normalized spacial score (nSPS) is 11.4. The maximum absolute atomic E-state index is 3.75. The molecule has 136 valence electrons. The van der Waals surface area contributed by atoms with E-state index in [0.29, 0.717) is 0 Å². The zero-order chi connectivity index (χ0) is 18.4. The van der Waals surface area contributed by atoms with Crippen molar-refractivity contribution < 1.29 is 0 Å². The second-order valence-corrected chi connectivity index (χ2v) is 7.45. The number of rotatable bonds is 8. The number of hydrogen-bond acceptors (Lipinski definition) is 2. The Morgan fingerprint density at radius 1 is 0.640 bits per heavy atom. The summed E-state index contributed by atoms with van der Waals surface area (Å²) in [5, 5.41) is 7.50. The molecule has 0 spiro atoms. The molecule has 2 N–H and O–H groups in total. The van der Waals surface area contributed by atoms with Gasteiger partial charge in [-0.2, -0.15) is 0 Å². The summed E-state index contributed by atoms with van der Waals surface area (Å²) in [5.74, 6) is 0. The van der Waals surface area contributed by atoms with Crippen LogP contribution in [0.4, 0.5) is 11.4 Å². The highest BCUT2D eigenvalue weighted by atomic mass is 14.9. The van der Waals surface area contributed by atoms with Crippen LogP contribution in [-0.4, -0.2) is 13.1 Å². The van der Waals surface area contributed by atoms with Crippen molar-refractivity contribution in [3.05, 3.63) is 58.7 Å².